The van der Waals surface area contributed by atoms with Gasteiger partial charge >= 0.3 is 0 Å². The van der Waals surface area contributed by atoms with Crippen LogP contribution in [0.1, 0.15) is 17.3 Å². The lowest BCUT2D eigenvalue weighted by Crippen LogP contribution is -2.39. The fourth-order valence-electron chi connectivity index (χ4n) is 1.58. The molecule has 1 aromatic carbocycles. The van der Waals surface area contributed by atoms with Gasteiger partial charge in [-0.15, -0.1) is 0 Å². The second kappa shape index (κ2) is 7.34. The van der Waals surface area contributed by atoms with Crippen LogP contribution in [0.25, 0.3) is 0 Å². The number of hydrogen-bond acceptors (Lipinski definition) is 5. The van der Waals surface area contributed by atoms with E-state index in [1.165, 1.54) is 6.07 Å². The van der Waals surface area contributed by atoms with Gasteiger partial charge in [-0.25, -0.2) is 0 Å². The summed E-state index contributed by atoms with van der Waals surface area (Å²) in [7, 11) is 1.56. The zero-order chi connectivity index (χ0) is 15.1. The molecule has 2 amide bonds. The van der Waals surface area contributed by atoms with Crippen molar-refractivity contribution in [1.29, 1.82) is 0 Å². The molecule has 20 heavy (non-hydrogen) atoms. The number of hydrogen-bond donors (Lipinski definition) is 4. The quantitative estimate of drug-likeness (QED) is 0.412. The summed E-state index contributed by atoms with van der Waals surface area (Å²) in [5.74, 6) is -0.714. The van der Waals surface area contributed by atoms with E-state index in [4.69, 9.17) is 16.2 Å². The van der Waals surface area contributed by atoms with E-state index in [1.807, 2.05) is 0 Å². The first-order valence-corrected chi connectivity index (χ1v) is 6.18. The van der Waals surface area contributed by atoms with Crippen molar-refractivity contribution in [2.24, 2.45) is 5.73 Å². The van der Waals surface area contributed by atoms with Crippen LogP contribution >= 0.6 is 0 Å². The van der Waals surface area contributed by atoms with Gasteiger partial charge in [0.25, 0.3) is 0 Å². The number of amides is 2. The Bertz CT molecular complexity index is 491. The topological polar surface area (TPSA) is 119 Å². The Labute approximate surface area is 117 Å². The first kappa shape index (κ1) is 15.8. The largest absolute Gasteiger partial charge is 0.397 e. The molecule has 7 heteroatoms. The Kier molecular flexibility index (Phi) is 5.79. The van der Waals surface area contributed by atoms with Crippen LogP contribution in [-0.2, 0) is 9.53 Å². The normalized spacial score (nSPS) is 11.7. The molecule has 0 saturated heterocycles. The first-order valence-electron chi connectivity index (χ1n) is 6.18. The van der Waals surface area contributed by atoms with E-state index in [2.05, 4.69) is 10.6 Å². The third kappa shape index (κ3) is 4.43. The maximum Gasteiger partial charge on any atom is 0.248 e. The van der Waals surface area contributed by atoms with Gasteiger partial charge in [0.05, 0.1) is 18.0 Å². The lowest BCUT2D eigenvalue weighted by atomic mass is 10.1. The number of primary amides is 1. The number of benzene rings is 1. The molecule has 0 heterocycles. The van der Waals surface area contributed by atoms with E-state index >= 15 is 0 Å². The smallest absolute Gasteiger partial charge is 0.248 e. The molecule has 0 aliphatic rings. The molecule has 0 aliphatic heterocycles. The van der Waals surface area contributed by atoms with Crippen LogP contribution < -0.4 is 22.1 Å². The molecule has 1 atom stereocenters. The standard InChI is InChI=1S/C13H20N4O3/c1-8(13(19)16-5-6-20-2)17-11-4-3-9(12(15)18)7-10(11)14/h3-4,7-8,17H,5-6,14H2,1-2H3,(H2,15,18)(H,16,19). The van der Waals surface area contributed by atoms with Gasteiger partial charge in [0, 0.05) is 19.2 Å². The number of carbonyl (C=O) groups is 2. The van der Waals surface area contributed by atoms with Crippen LogP contribution in [0.3, 0.4) is 0 Å². The van der Waals surface area contributed by atoms with Gasteiger partial charge in [-0.1, -0.05) is 0 Å². The fraction of sp³-hybridized carbons (Fsp3) is 0.385. The lowest BCUT2D eigenvalue weighted by molar-refractivity contribution is -0.121. The zero-order valence-corrected chi connectivity index (χ0v) is 11.6. The van der Waals surface area contributed by atoms with Crippen LogP contribution in [-0.4, -0.2) is 38.1 Å². The number of carbonyl (C=O) groups excluding carboxylic acids is 2. The van der Waals surface area contributed by atoms with Crippen molar-refractivity contribution < 1.29 is 14.3 Å². The Morgan fingerprint density at radius 2 is 2.10 bits per heavy atom. The lowest BCUT2D eigenvalue weighted by Gasteiger charge is -2.16. The summed E-state index contributed by atoms with van der Waals surface area (Å²) in [6.07, 6.45) is 0. The molecule has 7 nitrogen and oxygen atoms in total. The molecular formula is C13H20N4O3. The van der Waals surface area contributed by atoms with Gasteiger partial charge in [-0.05, 0) is 25.1 Å². The van der Waals surface area contributed by atoms with Crippen LogP contribution in [0, 0.1) is 0 Å². The van der Waals surface area contributed by atoms with E-state index in [-0.39, 0.29) is 5.91 Å². The number of ether oxygens (including phenoxy) is 1. The van der Waals surface area contributed by atoms with E-state index in [0.29, 0.717) is 30.1 Å². The molecule has 1 rings (SSSR count). The van der Waals surface area contributed by atoms with Crippen LogP contribution in [0.2, 0.25) is 0 Å². The number of nitrogens with two attached hydrogens (primary N) is 2. The third-order valence-electron chi connectivity index (χ3n) is 2.71. The van der Waals surface area contributed by atoms with Crippen LogP contribution in [0.5, 0.6) is 0 Å². The molecule has 6 N–H and O–H groups in total. The minimum Gasteiger partial charge on any atom is -0.397 e. The molecule has 0 saturated carbocycles. The average molecular weight is 280 g/mol. The molecular weight excluding hydrogens is 260 g/mol. The number of nitrogens with one attached hydrogen (secondary N) is 2. The summed E-state index contributed by atoms with van der Waals surface area (Å²) in [6, 6.07) is 4.18. The summed E-state index contributed by atoms with van der Waals surface area (Å²) in [5.41, 5.74) is 12.2. The number of methoxy groups -OCH3 is 1. The molecule has 0 radical (unpaired) electrons. The maximum absolute atomic E-state index is 11.8. The summed E-state index contributed by atoms with van der Waals surface area (Å²) in [6.45, 7) is 2.61. The Morgan fingerprint density at radius 3 is 2.65 bits per heavy atom. The summed E-state index contributed by atoms with van der Waals surface area (Å²) < 4.78 is 4.85. The molecule has 110 valence electrons. The van der Waals surface area contributed by atoms with Gasteiger partial charge in [-0.2, -0.15) is 0 Å². The second-order valence-corrected chi connectivity index (χ2v) is 4.32. The molecule has 0 aromatic heterocycles. The van der Waals surface area contributed by atoms with Crippen molar-refractivity contribution in [1.82, 2.24) is 5.32 Å². The second-order valence-electron chi connectivity index (χ2n) is 4.32. The Balaban J connectivity index is 2.63. The minimum absolute atomic E-state index is 0.166. The monoisotopic (exact) mass is 280 g/mol. The number of nitrogen functional groups attached to an aromatic ring is 1. The van der Waals surface area contributed by atoms with Crippen LogP contribution in [0.4, 0.5) is 11.4 Å². The summed E-state index contributed by atoms with van der Waals surface area (Å²) >= 11 is 0. The minimum atomic E-state index is -0.548. The third-order valence-corrected chi connectivity index (χ3v) is 2.71. The van der Waals surface area contributed by atoms with Gasteiger partial charge in [0.15, 0.2) is 0 Å². The van der Waals surface area contributed by atoms with Gasteiger partial charge in [0.1, 0.15) is 6.04 Å². The van der Waals surface area contributed by atoms with Crippen molar-refractivity contribution in [3.8, 4) is 0 Å². The molecule has 0 bridgehead atoms. The SMILES string of the molecule is COCCNC(=O)C(C)Nc1ccc(C(N)=O)cc1N. The highest BCUT2D eigenvalue weighted by Crippen LogP contribution is 2.20. The zero-order valence-electron chi connectivity index (χ0n) is 11.6. The highest BCUT2D eigenvalue weighted by molar-refractivity contribution is 5.95. The van der Waals surface area contributed by atoms with Crippen molar-refractivity contribution in [3.63, 3.8) is 0 Å². The van der Waals surface area contributed by atoms with Crippen molar-refractivity contribution >= 4 is 23.2 Å². The maximum atomic E-state index is 11.8. The van der Waals surface area contributed by atoms with E-state index in [9.17, 15) is 9.59 Å². The highest BCUT2D eigenvalue weighted by atomic mass is 16.5. The Morgan fingerprint density at radius 1 is 1.40 bits per heavy atom. The van der Waals surface area contributed by atoms with Gasteiger partial charge in [0.2, 0.25) is 11.8 Å². The molecule has 1 aromatic rings. The summed E-state index contributed by atoms with van der Waals surface area (Å²) in [5, 5.41) is 5.68. The Hall–Kier alpha value is -2.28. The van der Waals surface area contributed by atoms with Crippen LogP contribution in [0.15, 0.2) is 18.2 Å². The average Bonchev–Trinajstić information content (AvgIpc) is 2.40. The molecule has 0 fully saturated rings. The van der Waals surface area contributed by atoms with Crippen molar-refractivity contribution in [2.75, 3.05) is 31.3 Å². The molecule has 0 aliphatic carbocycles. The van der Waals surface area contributed by atoms with E-state index in [0.717, 1.165) is 0 Å². The predicted molar refractivity (Wildman–Crippen MR) is 77.3 cm³/mol. The molecule has 0 spiro atoms. The van der Waals surface area contributed by atoms with E-state index in [1.54, 1.807) is 26.2 Å². The number of anilines is 2. The predicted octanol–water partition coefficient (Wildman–Crippen LogP) is -0.0693. The number of rotatable bonds is 7. The van der Waals surface area contributed by atoms with Crippen molar-refractivity contribution in [2.45, 2.75) is 13.0 Å². The van der Waals surface area contributed by atoms with E-state index < -0.39 is 11.9 Å². The molecule has 1 unspecified atom stereocenters. The first-order chi connectivity index (χ1) is 9.45. The van der Waals surface area contributed by atoms with Gasteiger partial charge in [-0.3, -0.25) is 9.59 Å². The highest BCUT2D eigenvalue weighted by Gasteiger charge is 2.13. The van der Waals surface area contributed by atoms with Crippen molar-refractivity contribution in [3.05, 3.63) is 23.8 Å². The van der Waals surface area contributed by atoms with Gasteiger partial charge < -0.3 is 26.8 Å². The summed E-state index contributed by atoms with van der Waals surface area (Å²) in [4.78, 5) is 22.8. The fourth-order valence-corrected chi connectivity index (χ4v) is 1.58.